The highest BCUT2D eigenvalue weighted by molar-refractivity contribution is 5.92. The number of carbonyl (C=O) groups is 1. The maximum atomic E-state index is 12.0. The number of hydrogen-bond donors (Lipinski definition) is 1. The van der Waals surface area contributed by atoms with Crippen molar-refractivity contribution >= 4 is 5.91 Å². The van der Waals surface area contributed by atoms with Gasteiger partial charge in [0, 0.05) is 6.04 Å². The predicted octanol–water partition coefficient (Wildman–Crippen LogP) is 1.10. The zero-order valence-electron chi connectivity index (χ0n) is 8.63. The van der Waals surface area contributed by atoms with Crippen molar-refractivity contribution in [3.63, 3.8) is 0 Å². The number of rotatable bonds is 2. The van der Waals surface area contributed by atoms with E-state index in [2.05, 4.69) is 26.1 Å². The Morgan fingerprint density at radius 2 is 2.31 bits per heavy atom. The van der Waals surface area contributed by atoms with E-state index in [4.69, 9.17) is 0 Å². The molecule has 1 amide bonds. The Kier molecular flexibility index (Phi) is 1.88. The van der Waals surface area contributed by atoms with Crippen molar-refractivity contribution in [1.29, 1.82) is 0 Å². The van der Waals surface area contributed by atoms with Crippen molar-refractivity contribution in [2.75, 3.05) is 0 Å². The van der Waals surface area contributed by atoms with Crippen LogP contribution in [0.2, 0.25) is 0 Å². The monoisotopic (exact) mass is 182 g/mol. The minimum absolute atomic E-state index is 0.136. The molecule has 2 rings (SSSR count). The van der Waals surface area contributed by atoms with Crippen LogP contribution in [0.5, 0.6) is 0 Å². The number of amides is 1. The number of nitrogens with zero attached hydrogens (tertiary/aromatic N) is 1. The minimum atomic E-state index is -0.136. The van der Waals surface area contributed by atoms with E-state index < -0.39 is 0 Å². The summed E-state index contributed by atoms with van der Waals surface area (Å²) in [5.74, 6) is 0.328. The fourth-order valence-electron chi connectivity index (χ4n) is 2.22. The lowest BCUT2D eigenvalue weighted by molar-refractivity contribution is -0.132. The molecular formula is C10H18N2O. The molecule has 0 radical (unpaired) electrons. The number of nitrogens with one attached hydrogen (secondary N) is 1. The lowest BCUT2D eigenvalue weighted by atomic mass is 10.2. The van der Waals surface area contributed by atoms with Crippen LogP contribution in [-0.4, -0.2) is 28.6 Å². The summed E-state index contributed by atoms with van der Waals surface area (Å²) >= 11 is 0. The van der Waals surface area contributed by atoms with Crippen LogP contribution in [0.15, 0.2) is 0 Å². The van der Waals surface area contributed by atoms with E-state index in [1.807, 2.05) is 4.90 Å². The van der Waals surface area contributed by atoms with Crippen molar-refractivity contribution < 1.29 is 4.79 Å². The van der Waals surface area contributed by atoms with Gasteiger partial charge in [0.15, 0.2) is 0 Å². The third kappa shape index (κ3) is 1.17. The van der Waals surface area contributed by atoms with Crippen LogP contribution in [0.1, 0.15) is 40.0 Å². The summed E-state index contributed by atoms with van der Waals surface area (Å²) in [4.78, 5) is 14.0. The van der Waals surface area contributed by atoms with Gasteiger partial charge in [0.25, 0.3) is 0 Å². The molecule has 2 aliphatic rings. The van der Waals surface area contributed by atoms with Crippen LogP contribution in [0.3, 0.4) is 0 Å². The van der Waals surface area contributed by atoms with Gasteiger partial charge in [0.05, 0.1) is 11.7 Å². The quantitative estimate of drug-likeness (QED) is 0.693. The molecule has 74 valence electrons. The maximum absolute atomic E-state index is 12.0. The summed E-state index contributed by atoms with van der Waals surface area (Å²) in [5, 5.41) is 3.40. The summed E-state index contributed by atoms with van der Waals surface area (Å²) < 4.78 is 0. The van der Waals surface area contributed by atoms with E-state index in [0.29, 0.717) is 11.9 Å². The fourth-order valence-corrected chi connectivity index (χ4v) is 2.22. The molecule has 2 atom stereocenters. The molecule has 3 nitrogen and oxygen atoms in total. The lowest BCUT2D eigenvalue weighted by Crippen LogP contribution is -2.41. The molecule has 1 spiro atoms. The van der Waals surface area contributed by atoms with Crippen molar-refractivity contribution in [3.8, 4) is 0 Å². The lowest BCUT2D eigenvalue weighted by Gasteiger charge is -2.27. The molecule has 1 heterocycles. The van der Waals surface area contributed by atoms with Crippen molar-refractivity contribution in [2.45, 2.75) is 57.8 Å². The second-order valence-corrected chi connectivity index (χ2v) is 4.37. The van der Waals surface area contributed by atoms with E-state index in [0.717, 1.165) is 19.3 Å². The summed E-state index contributed by atoms with van der Waals surface area (Å²) in [5.41, 5.74) is -0.136. The molecule has 1 N–H and O–H groups in total. The van der Waals surface area contributed by atoms with Gasteiger partial charge >= 0.3 is 0 Å². The molecule has 0 bridgehead atoms. The molecule has 1 aliphatic heterocycles. The average molecular weight is 182 g/mol. The molecule has 2 fully saturated rings. The van der Waals surface area contributed by atoms with Gasteiger partial charge in [-0.3, -0.25) is 10.1 Å². The molecule has 2 unspecified atom stereocenters. The Balaban J connectivity index is 2.15. The summed E-state index contributed by atoms with van der Waals surface area (Å²) in [6.07, 6.45) is 3.32. The second-order valence-electron chi connectivity index (χ2n) is 4.37. The van der Waals surface area contributed by atoms with Crippen LogP contribution >= 0.6 is 0 Å². The minimum Gasteiger partial charge on any atom is -0.323 e. The second kappa shape index (κ2) is 2.71. The first kappa shape index (κ1) is 9.00. The van der Waals surface area contributed by atoms with Gasteiger partial charge in [0.1, 0.15) is 0 Å². The molecule has 0 aromatic rings. The van der Waals surface area contributed by atoms with Gasteiger partial charge in [-0.05, 0) is 33.1 Å². The van der Waals surface area contributed by atoms with Crippen molar-refractivity contribution in [2.24, 2.45) is 0 Å². The smallest absolute Gasteiger partial charge is 0.244 e. The standard InChI is InChI=1S/C10H18N2O/c1-4-7(2)12-8(3)11-10(5-6-10)9(12)13/h7-8,11H,4-6H2,1-3H3. The SMILES string of the molecule is CCC(C)N1C(=O)C2(CC2)NC1C. The molecule has 3 heteroatoms. The van der Waals surface area contributed by atoms with E-state index >= 15 is 0 Å². The highest BCUT2D eigenvalue weighted by Gasteiger charge is 2.58. The Bertz CT molecular complexity index is 235. The Morgan fingerprint density at radius 1 is 1.69 bits per heavy atom. The van der Waals surface area contributed by atoms with E-state index in [-0.39, 0.29) is 11.7 Å². The van der Waals surface area contributed by atoms with Crippen LogP contribution in [0.4, 0.5) is 0 Å². The highest BCUT2D eigenvalue weighted by Crippen LogP contribution is 2.42. The van der Waals surface area contributed by atoms with Gasteiger partial charge in [-0.2, -0.15) is 0 Å². The van der Waals surface area contributed by atoms with E-state index in [1.165, 1.54) is 0 Å². The number of carbonyl (C=O) groups excluding carboxylic acids is 1. The number of hydrogen-bond acceptors (Lipinski definition) is 2. The van der Waals surface area contributed by atoms with Gasteiger partial charge < -0.3 is 4.90 Å². The topological polar surface area (TPSA) is 32.3 Å². The van der Waals surface area contributed by atoms with Gasteiger partial charge in [0.2, 0.25) is 5.91 Å². The van der Waals surface area contributed by atoms with Gasteiger partial charge in [-0.25, -0.2) is 0 Å². The zero-order chi connectivity index (χ0) is 9.64. The maximum Gasteiger partial charge on any atom is 0.244 e. The molecule has 1 aliphatic carbocycles. The summed E-state index contributed by atoms with van der Waals surface area (Å²) in [6, 6.07) is 0.370. The van der Waals surface area contributed by atoms with Crippen LogP contribution in [0.25, 0.3) is 0 Å². The van der Waals surface area contributed by atoms with E-state index in [1.54, 1.807) is 0 Å². The molecular weight excluding hydrogens is 164 g/mol. The van der Waals surface area contributed by atoms with Crippen molar-refractivity contribution in [3.05, 3.63) is 0 Å². The first-order valence-corrected chi connectivity index (χ1v) is 5.21. The molecule has 1 saturated heterocycles. The summed E-state index contributed by atoms with van der Waals surface area (Å²) in [6.45, 7) is 6.33. The third-order valence-corrected chi connectivity index (χ3v) is 3.36. The Labute approximate surface area is 79.5 Å². The normalized spacial score (nSPS) is 32.7. The largest absolute Gasteiger partial charge is 0.323 e. The molecule has 1 saturated carbocycles. The predicted molar refractivity (Wildman–Crippen MR) is 51.2 cm³/mol. The van der Waals surface area contributed by atoms with Gasteiger partial charge in [-0.15, -0.1) is 0 Å². The summed E-state index contributed by atoms with van der Waals surface area (Å²) in [7, 11) is 0. The molecule has 13 heavy (non-hydrogen) atoms. The zero-order valence-corrected chi connectivity index (χ0v) is 8.63. The first-order chi connectivity index (χ1) is 6.10. The first-order valence-electron chi connectivity index (χ1n) is 5.21. The van der Waals surface area contributed by atoms with Crippen LogP contribution < -0.4 is 5.32 Å². The Hall–Kier alpha value is -0.570. The molecule has 0 aromatic heterocycles. The van der Waals surface area contributed by atoms with Crippen LogP contribution in [-0.2, 0) is 4.79 Å². The van der Waals surface area contributed by atoms with Gasteiger partial charge in [-0.1, -0.05) is 6.92 Å². The van der Waals surface area contributed by atoms with E-state index in [9.17, 15) is 4.79 Å². The average Bonchev–Trinajstić information content (AvgIpc) is 2.80. The van der Waals surface area contributed by atoms with Crippen molar-refractivity contribution in [1.82, 2.24) is 10.2 Å². The fraction of sp³-hybridized carbons (Fsp3) is 0.900. The Morgan fingerprint density at radius 3 is 2.69 bits per heavy atom. The third-order valence-electron chi connectivity index (χ3n) is 3.36. The highest BCUT2D eigenvalue weighted by atomic mass is 16.2. The molecule has 0 aromatic carbocycles. The van der Waals surface area contributed by atoms with Crippen LogP contribution in [0, 0.1) is 0 Å².